The fourth-order valence-corrected chi connectivity index (χ4v) is 2.32. The average molecular weight is 280 g/mol. The molecule has 5 nitrogen and oxygen atoms in total. The third-order valence-corrected chi connectivity index (χ3v) is 3.45. The number of hydrogen-bond acceptors (Lipinski definition) is 5. The fourth-order valence-electron chi connectivity index (χ4n) is 2.32. The zero-order chi connectivity index (χ0) is 14.8. The lowest BCUT2D eigenvalue weighted by molar-refractivity contribution is 0.475. The molecule has 0 spiro atoms. The van der Waals surface area contributed by atoms with Crippen LogP contribution in [0.5, 0.6) is 5.75 Å². The lowest BCUT2D eigenvalue weighted by Crippen LogP contribution is -2.01. The summed E-state index contributed by atoms with van der Waals surface area (Å²) >= 11 is 0. The molecule has 0 aliphatic carbocycles. The molecule has 3 rings (SSSR count). The second-order valence-corrected chi connectivity index (χ2v) is 4.98. The first-order valence-electron chi connectivity index (χ1n) is 6.71. The molecule has 106 valence electrons. The quantitative estimate of drug-likeness (QED) is 0.683. The highest BCUT2D eigenvalue weighted by Gasteiger charge is 2.05. The van der Waals surface area contributed by atoms with Crippen molar-refractivity contribution in [1.29, 1.82) is 0 Å². The molecule has 1 aromatic heterocycles. The maximum Gasteiger partial charge on any atom is 0.222 e. The van der Waals surface area contributed by atoms with Crippen molar-refractivity contribution >= 4 is 22.7 Å². The van der Waals surface area contributed by atoms with Gasteiger partial charge in [-0.25, -0.2) is 4.98 Å². The SMILES string of the molecule is Nc1nc(N)c2cc(CCc3ccc(O)cc3)ccc2n1. The van der Waals surface area contributed by atoms with Gasteiger partial charge in [0, 0.05) is 5.39 Å². The van der Waals surface area contributed by atoms with E-state index in [9.17, 15) is 5.11 Å². The Morgan fingerprint density at radius 3 is 2.29 bits per heavy atom. The number of phenols is 1. The minimum Gasteiger partial charge on any atom is -0.508 e. The van der Waals surface area contributed by atoms with Crippen molar-refractivity contribution in [2.75, 3.05) is 11.5 Å². The third kappa shape index (κ3) is 2.86. The predicted molar refractivity (Wildman–Crippen MR) is 83.9 cm³/mol. The number of nitrogens with zero attached hydrogens (tertiary/aromatic N) is 2. The molecule has 0 fully saturated rings. The summed E-state index contributed by atoms with van der Waals surface area (Å²) in [6.45, 7) is 0. The second-order valence-electron chi connectivity index (χ2n) is 4.98. The Balaban J connectivity index is 1.83. The van der Waals surface area contributed by atoms with Crippen molar-refractivity contribution in [3.63, 3.8) is 0 Å². The van der Waals surface area contributed by atoms with E-state index in [1.54, 1.807) is 12.1 Å². The molecule has 0 amide bonds. The highest BCUT2D eigenvalue weighted by molar-refractivity contribution is 5.89. The van der Waals surface area contributed by atoms with Crippen molar-refractivity contribution in [3.8, 4) is 5.75 Å². The standard InChI is InChI=1S/C16H16N4O/c17-15-13-9-11(5-8-14(13)19-16(18)20-15)2-1-10-3-6-12(21)7-4-10/h3-9,21H,1-2H2,(H4,17,18,19,20). The number of nitrogens with two attached hydrogens (primary N) is 2. The van der Waals surface area contributed by atoms with E-state index < -0.39 is 0 Å². The van der Waals surface area contributed by atoms with Gasteiger partial charge in [-0.2, -0.15) is 4.98 Å². The smallest absolute Gasteiger partial charge is 0.222 e. The topological polar surface area (TPSA) is 98.0 Å². The van der Waals surface area contributed by atoms with Gasteiger partial charge in [0.1, 0.15) is 11.6 Å². The molecular formula is C16H16N4O. The number of anilines is 2. The van der Waals surface area contributed by atoms with Crippen LogP contribution in [-0.2, 0) is 12.8 Å². The summed E-state index contributed by atoms with van der Waals surface area (Å²) in [6, 6.07) is 13.2. The highest BCUT2D eigenvalue weighted by atomic mass is 16.3. The lowest BCUT2D eigenvalue weighted by atomic mass is 10.0. The molecule has 0 saturated carbocycles. The van der Waals surface area contributed by atoms with E-state index in [2.05, 4.69) is 9.97 Å². The van der Waals surface area contributed by atoms with Crippen LogP contribution in [0.4, 0.5) is 11.8 Å². The maximum atomic E-state index is 9.28. The molecule has 0 saturated heterocycles. The van der Waals surface area contributed by atoms with Crippen molar-refractivity contribution in [1.82, 2.24) is 9.97 Å². The van der Waals surface area contributed by atoms with Gasteiger partial charge in [-0.3, -0.25) is 0 Å². The van der Waals surface area contributed by atoms with E-state index in [0.717, 1.165) is 29.3 Å². The van der Waals surface area contributed by atoms with Gasteiger partial charge in [-0.1, -0.05) is 18.2 Å². The van der Waals surface area contributed by atoms with Crippen molar-refractivity contribution in [2.45, 2.75) is 12.8 Å². The Kier molecular flexibility index (Phi) is 3.31. The molecule has 3 aromatic rings. The lowest BCUT2D eigenvalue weighted by Gasteiger charge is -2.06. The summed E-state index contributed by atoms with van der Waals surface area (Å²) in [5.41, 5.74) is 14.6. The molecule has 1 heterocycles. The van der Waals surface area contributed by atoms with Crippen molar-refractivity contribution in [3.05, 3.63) is 53.6 Å². The molecule has 21 heavy (non-hydrogen) atoms. The zero-order valence-corrected chi connectivity index (χ0v) is 11.5. The third-order valence-electron chi connectivity index (χ3n) is 3.45. The molecule has 0 aliphatic rings. The Bertz CT molecular complexity index is 784. The first-order chi connectivity index (χ1) is 10.1. The normalized spacial score (nSPS) is 10.9. The van der Waals surface area contributed by atoms with Crippen LogP contribution in [0, 0.1) is 0 Å². The zero-order valence-electron chi connectivity index (χ0n) is 11.5. The number of nitrogen functional groups attached to an aromatic ring is 2. The van der Waals surface area contributed by atoms with Crippen LogP contribution in [0.25, 0.3) is 10.9 Å². The van der Waals surface area contributed by atoms with Crippen LogP contribution >= 0.6 is 0 Å². The van der Waals surface area contributed by atoms with E-state index >= 15 is 0 Å². The van der Waals surface area contributed by atoms with E-state index in [-0.39, 0.29) is 11.7 Å². The second kappa shape index (κ2) is 5.28. The van der Waals surface area contributed by atoms with Crippen LogP contribution in [-0.4, -0.2) is 15.1 Å². The Morgan fingerprint density at radius 1 is 0.857 bits per heavy atom. The molecule has 5 heteroatoms. The van der Waals surface area contributed by atoms with Gasteiger partial charge in [0.05, 0.1) is 5.52 Å². The van der Waals surface area contributed by atoms with Gasteiger partial charge < -0.3 is 16.6 Å². The van der Waals surface area contributed by atoms with Gasteiger partial charge in [-0.05, 0) is 48.2 Å². The Hall–Kier alpha value is -2.82. The number of aromatic hydroxyl groups is 1. The summed E-state index contributed by atoms with van der Waals surface area (Å²) in [5, 5.41) is 10.1. The number of benzene rings is 2. The molecule has 0 unspecified atom stereocenters. The predicted octanol–water partition coefficient (Wildman–Crippen LogP) is 2.29. The van der Waals surface area contributed by atoms with E-state index in [1.165, 1.54) is 5.56 Å². The number of phenolic OH excluding ortho intramolecular Hbond substituents is 1. The Labute approximate surface area is 122 Å². The minimum atomic E-state index is 0.192. The fraction of sp³-hybridized carbons (Fsp3) is 0.125. The van der Waals surface area contributed by atoms with E-state index in [1.807, 2.05) is 30.3 Å². The largest absolute Gasteiger partial charge is 0.508 e. The van der Waals surface area contributed by atoms with Gasteiger partial charge in [0.2, 0.25) is 5.95 Å². The van der Waals surface area contributed by atoms with Crippen LogP contribution in [0.15, 0.2) is 42.5 Å². The van der Waals surface area contributed by atoms with Gasteiger partial charge in [0.25, 0.3) is 0 Å². The highest BCUT2D eigenvalue weighted by Crippen LogP contribution is 2.21. The van der Waals surface area contributed by atoms with Gasteiger partial charge in [0.15, 0.2) is 0 Å². The van der Waals surface area contributed by atoms with Crippen molar-refractivity contribution in [2.24, 2.45) is 0 Å². The first kappa shape index (κ1) is 13.2. The number of fused-ring (bicyclic) bond motifs is 1. The van der Waals surface area contributed by atoms with E-state index in [0.29, 0.717) is 5.82 Å². The number of aromatic nitrogens is 2. The van der Waals surface area contributed by atoms with Crippen molar-refractivity contribution < 1.29 is 5.11 Å². The monoisotopic (exact) mass is 280 g/mol. The number of aryl methyl sites for hydroxylation is 2. The minimum absolute atomic E-state index is 0.192. The van der Waals surface area contributed by atoms with Crippen LogP contribution in [0.2, 0.25) is 0 Å². The molecule has 0 aliphatic heterocycles. The summed E-state index contributed by atoms with van der Waals surface area (Å²) in [7, 11) is 0. The van der Waals surface area contributed by atoms with Crippen LogP contribution < -0.4 is 11.5 Å². The van der Waals surface area contributed by atoms with E-state index in [4.69, 9.17) is 11.5 Å². The summed E-state index contributed by atoms with van der Waals surface area (Å²) in [6.07, 6.45) is 1.77. The molecule has 0 atom stereocenters. The average Bonchev–Trinajstić information content (AvgIpc) is 2.47. The molecular weight excluding hydrogens is 264 g/mol. The number of rotatable bonds is 3. The van der Waals surface area contributed by atoms with Gasteiger partial charge >= 0.3 is 0 Å². The first-order valence-corrected chi connectivity index (χ1v) is 6.71. The molecule has 2 aromatic carbocycles. The molecule has 5 N–H and O–H groups in total. The van der Waals surface area contributed by atoms with Gasteiger partial charge in [-0.15, -0.1) is 0 Å². The summed E-state index contributed by atoms with van der Waals surface area (Å²) in [4.78, 5) is 8.15. The maximum absolute atomic E-state index is 9.28. The van der Waals surface area contributed by atoms with Crippen LogP contribution in [0.1, 0.15) is 11.1 Å². The summed E-state index contributed by atoms with van der Waals surface area (Å²) in [5.74, 6) is 0.882. The Morgan fingerprint density at radius 2 is 1.52 bits per heavy atom. The molecule has 0 radical (unpaired) electrons. The number of hydrogen-bond donors (Lipinski definition) is 3. The van der Waals surface area contributed by atoms with Crippen LogP contribution in [0.3, 0.4) is 0 Å². The summed E-state index contributed by atoms with van der Waals surface area (Å²) < 4.78 is 0. The molecule has 0 bridgehead atoms.